The average molecular weight is 457 g/mol. The van der Waals surface area contributed by atoms with E-state index in [-0.39, 0.29) is 0 Å². The summed E-state index contributed by atoms with van der Waals surface area (Å²) in [4.78, 5) is 17.6. The van der Waals surface area contributed by atoms with Gasteiger partial charge in [-0.05, 0) is 31.0 Å². The number of ether oxygens (including phenoxy) is 1. The molecule has 0 saturated carbocycles. The molecule has 4 rings (SSSR count). The molecule has 0 fully saturated rings. The lowest BCUT2D eigenvalue weighted by atomic mass is 9.79. The van der Waals surface area contributed by atoms with Crippen molar-refractivity contribution in [3.8, 4) is 0 Å². The highest BCUT2D eigenvalue weighted by atomic mass is 35.5. The van der Waals surface area contributed by atoms with Gasteiger partial charge in [0.2, 0.25) is 0 Å². The Morgan fingerprint density at radius 1 is 0.939 bits per heavy atom. The summed E-state index contributed by atoms with van der Waals surface area (Å²) in [5.74, 6) is -0.525. The van der Waals surface area contributed by atoms with E-state index in [1.807, 2.05) is 91.9 Å². The van der Waals surface area contributed by atoms with Gasteiger partial charge in [-0.1, -0.05) is 96.0 Å². The van der Waals surface area contributed by atoms with Gasteiger partial charge < -0.3 is 10.5 Å². The van der Waals surface area contributed by atoms with E-state index in [0.29, 0.717) is 17.0 Å². The highest BCUT2D eigenvalue weighted by Gasteiger charge is 2.43. The van der Waals surface area contributed by atoms with Crippen molar-refractivity contribution in [2.45, 2.75) is 25.0 Å². The first-order valence-electron chi connectivity index (χ1n) is 10.8. The number of benzene rings is 3. The predicted molar refractivity (Wildman–Crippen MR) is 131 cm³/mol. The Kier molecular flexibility index (Phi) is 6.87. The van der Waals surface area contributed by atoms with Crippen LogP contribution in [0.4, 0.5) is 0 Å². The zero-order valence-corrected chi connectivity index (χ0v) is 19.1. The monoisotopic (exact) mass is 456 g/mol. The molecule has 0 saturated heterocycles. The number of nitrogens with two attached hydrogens (primary N) is 1. The summed E-state index contributed by atoms with van der Waals surface area (Å²) in [6.45, 7) is 2.01. The van der Waals surface area contributed by atoms with Crippen LogP contribution in [0.1, 0.15) is 27.8 Å². The van der Waals surface area contributed by atoms with Gasteiger partial charge in [-0.3, -0.25) is 9.78 Å². The lowest BCUT2D eigenvalue weighted by Crippen LogP contribution is -2.43. The number of nitrogens with zero attached hydrogens (tertiary/aromatic N) is 1. The molecule has 5 heteroatoms. The molecule has 0 amide bonds. The molecule has 0 radical (unpaired) electrons. The number of aryl methyl sites for hydroxylation is 1. The van der Waals surface area contributed by atoms with Gasteiger partial charge in [-0.2, -0.15) is 0 Å². The molecule has 3 aromatic carbocycles. The van der Waals surface area contributed by atoms with E-state index in [1.54, 1.807) is 18.5 Å². The standard InChI is InChI=1S/C28H25ClN2O2/c1-20-13-15-23(16-14-20)28(22-9-3-2-4-10-22,24-11-5-6-12-25(24)29)33-27(32)26(30)18-21-8-7-17-31-19-21/h2-17,19,26H,18,30H2,1H3/t26-,28?/m0/s1. The molecule has 0 aliphatic heterocycles. The highest BCUT2D eigenvalue weighted by molar-refractivity contribution is 6.31. The van der Waals surface area contributed by atoms with E-state index >= 15 is 0 Å². The van der Waals surface area contributed by atoms with Crippen LogP contribution in [0.15, 0.2) is 103 Å². The summed E-state index contributed by atoms with van der Waals surface area (Å²) < 4.78 is 6.38. The average Bonchev–Trinajstić information content (AvgIpc) is 2.84. The van der Waals surface area contributed by atoms with Crippen molar-refractivity contribution in [3.05, 3.63) is 136 Å². The quantitative estimate of drug-likeness (QED) is 0.296. The highest BCUT2D eigenvalue weighted by Crippen LogP contribution is 2.43. The molecule has 2 atom stereocenters. The fourth-order valence-electron chi connectivity index (χ4n) is 3.94. The van der Waals surface area contributed by atoms with Crippen LogP contribution in [-0.2, 0) is 21.6 Å². The maximum absolute atomic E-state index is 13.5. The predicted octanol–water partition coefficient (Wildman–Crippen LogP) is 5.45. The Morgan fingerprint density at radius 2 is 1.61 bits per heavy atom. The molecule has 0 aliphatic carbocycles. The fourth-order valence-corrected chi connectivity index (χ4v) is 4.21. The second-order valence-corrected chi connectivity index (χ2v) is 8.39. The maximum atomic E-state index is 13.5. The number of hydrogen-bond acceptors (Lipinski definition) is 4. The van der Waals surface area contributed by atoms with Crippen LogP contribution >= 0.6 is 11.6 Å². The van der Waals surface area contributed by atoms with Crippen molar-refractivity contribution < 1.29 is 9.53 Å². The molecule has 1 aromatic heterocycles. The molecule has 0 aliphatic rings. The number of rotatable bonds is 7. The number of hydrogen-bond donors (Lipinski definition) is 1. The van der Waals surface area contributed by atoms with Crippen LogP contribution < -0.4 is 5.73 Å². The summed E-state index contributed by atoms with van der Waals surface area (Å²) in [7, 11) is 0. The molecule has 166 valence electrons. The normalized spacial score (nSPS) is 13.7. The Labute approximate surface area is 199 Å². The van der Waals surface area contributed by atoms with Crippen molar-refractivity contribution in [1.29, 1.82) is 0 Å². The zero-order chi connectivity index (χ0) is 23.3. The van der Waals surface area contributed by atoms with Crippen LogP contribution in [0.3, 0.4) is 0 Å². The summed E-state index contributed by atoms with van der Waals surface area (Å²) in [5, 5.41) is 0.496. The number of halogens is 1. The molecule has 4 aromatic rings. The summed E-state index contributed by atoms with van der Waals surface area (Å²) >= 11 is 6.70. The van der Waals surface area contributed by atoms with Gasteiger partial charge >= 0.3 is 5.97 Å². The van der Waals surface area contributed by atoms with E-state index in [1.165, 1.54) is 0 Å². The molecule has 0 bridgehead atoms. The Morgan fingerprint density at radius 3 is 2.27 bits per heavy atom. The minimum absolute atomic E-state index is 0.313. The van der Waals surface area contributed by atoms with Crippen LogP contribution in [0.25, 0.3) is 0 Å². The molecule has 1 unspecified atom stereocenters. The molecular weight excluding hydrogens is 432 g/mol. The van der Waals surface area contributed by atoms with Crippen LogP contribution in [0.2, 0.25) is 5.02 Å². The van der Waals surface area contributed by atoms with E-state index in [2.05, 4.69) is 4.98 Å². The van der Waals surface area contributed by atoms with Gasteiger partial charge in [-0.25, -0.2) is 0 Å². The van der Waals surface area contributed by atoms with Crippen molar-refractivity contribution >= 4 is 17.6 Å². The van der Waals surface area contributed by atoms with E-state index in [0.717, 1.165) is 22.3 Å². The van der Waals surface area contributed by atoms with Gasteiger partial charge in [-0.15, -0.1) is 0 Å². The molecule has 4 nitrogen and oxygen atoms in total. The molecular formula is C28H25ClN2O2. The molecule has 0 spiro atoms. The SMILES string of the molecule is Cc1ccc(C(OC(=O)[C@@H](N)Cc2cccnc2)(c2ccccc2)c2ccccc2Cl)cc1. The third-order valence-corrected chi connectivity index (χ3v) is 5.96. The summed E-state index contributed by atoms with van der Waals surface area (Å²) in [5.41, 5.74) is 9.25. The van der Waals surface area contributed by atoms with Crippen LogP contribution in [-0.4, -0.2) is 17.0 Å². The molecule has 33 heavy (non-hydrogen) atoms. The fraction of sp³-hybridized carbons (Fsp3) is 0.143. The van der Waals surface area contributed by atoms with Crippen molar-refractivity contribution in [2.24, 2.45) is 5.73 Å². The number of pyridine rings is 1. The lowest BCUT2D eigenvalue weighted by Gasteiger charge is -2.36. The molecule has 2 N–H and O–H groups in total. The van der Waals surface area contributed by atoms with Crippen molar-refractivity contribution in [2.75, 3.05) is 0 Å². The largest absolute Gasteiger partial charge is 0.443 e. The number of esters is 1. The minimum Gasteiger partial charge on any atom is -0.443 e. The molecule has 1 heterocycles. The van der Waals surface area contributed by atoms with Gasteiger partial charge in [0.05, 0.1) is 0 Å². The first-order valence-corrected chi connectivity index (χ1v) is 11.1. The zero-order valence-electron chi connectivity index (χ0n) is 18.3. The van der Waals surface area contributed by atoms with Gasteiger partial charge in [0.1, 0.15) is 6.04 Å². The summed E-state index contributed by atoms with van der Waals surface area (Å²) in [6.07, 6.45) is 3.70. The topological polar surface area (TPSA) is 65.2 Å². The van der Waals surface area contributed by atoms with Gasteiger partial charge in [0.25, 0.3) is 0 Å². The Bertz CT molecular complexity index is 1210. The second kappa shape index (κ2) is 9.99. The van der Waals surface area contributed by atoms with Crippen molar-refractivity contribution in [1.82, 2.24) is 4.98 Å². The van der Waals surface area contributed by atoms with Gasteiger partial charge in [0.15, 0.2) is 5.60 Å². The first-order chi connectivity index (χ1) is 16.0. The summed E-state index contributed by atoms with van der Waals surface area (Å²) in [6, 6.07) is 27.8. The number of aromatic nitrogens is 1. The maximum Gasteiger partial charge on any atom is 0.324 e. The Balaban J connectivity index is 1.85. The Hall–Kier alpha value is -3.47. The third kappa shape index (κ3) is 4.82. The number of carbonyl (C=O) groups is 1. The first kappa shape index (κ1) is 22.7. The smallest absolute Gasteiger partial charge is 0.324 e. The van der Waals surface area contributed by atoms with Crippen LogP contribution in [0.5, 0.6) is 0 Å². The minimum atomic E-state index is -1.27. The lowest BCUT2D eigenvalue weighted by molar-refractivity contribution is -0.155. The van der Waals surface area contributed by atoms with Crippen molar-refractivity contribution in [3.63, 3.8) is 0 Å². The second-order valence-electron chi connectivity index (χ2n) is 7.99. The van der Waals surface area contributed by atoms with Crippen LogP contribution in [0, 0.1) is 6.92 Å². The van der Waals surface area contributed by atoms with E-state index in [4.69, 9.17) is 22.1 Å². The van der Waals surface area contributed by atoms with E-state index < -0.39 is 17.6 Å². The third-order valence-electron chi connectivity index (χ3n) is 5.63. The van der Waals surface area contributed by atoms with Gasteiger partial charge in [0, 0.05) is 34.1 Å². The van der Waals surface area contributed by atoms with E-state index in [9.17, 15) is 4.79 Å². The number of carbonyl (C=O) groups excluding carboxylic acids is 1.